The summed E-state index contributed by atoms with van der Waals surface area (Å²) in [7, 11) is 3.78. The molecule has 0 aliphatic heterocycles. The molecule has 2 aromatic rings. The van der Waals surface area contributed by atoms with Crippen LogP contribution in [0.3, 0.4) is 0 Å². The molecule has 2 rings (SSSR count). The Kier molecular flexibility index (Phi) is 5.56. The van der Waals surface area contributed by atoms with E-state index in [0.717, 1.165) is 25.9 Å². The average Bonchev–Trinajstić information content (AvgIpc) is 2.88. The van der Waals surface area contributed by atoms with Crippen LogP contribution in [0.1, 0.15) is 18.4 Å². The highest BCUT2D eigenvalue weighted by Crippen LogP contribution is 2.26. The van der Waals surface area contributed by atoms with Gasteiger partial charge in [0.2, 0.25) is 5.91 Å². The fourth-order valence-corrected chi connectivity index (χ4v) is 3.25. The summed E-state index contributed by atoms with van der Waals surface area (Å²) in [6, 6.07) is 8.47. The van der Waals surface area contributed by atoms with Crippen LogP contribution in [0.4, 0.5) is 0 Å². The molecule has 0 atom stereocenters. The molecule has 0 saturated carbocycles. The zero-order chi connectivity index (χ0) is 14.4. The Labute approximate surface area is 124 Å². The van der Waals surface area contributed by atoms with Crippen LogP contribution in [0.25, 0.3) is 10.1 Å². The van der Waals surface area contributed by atoms with E-state index in [1.54, 1.807) is 11.3 Å². The molecule has 0 radical (unpaired) electrons. The zero-order valence-electron chi connectivity index (χ0n) is 12.2. The molecule has 1 amide bonds. The molecule has 0 spiro atoms. The van der Waals surface area contributed by atoms with Gasteiger partial charge in [-0.3, -0.25) is 4.79 Å². The molecule has 1 aromatic heterocycles. The quantitative estimate of drug-likeness (QED) is 0.850. The lowest BCUT2D eigenvalue weighted by molar-refractivity contribution is -0.129. The minimum atomic E-state index is 0.236. The molecule has 0 saturated heterocycles. The van der Waals surface area contributed by atoms with Crippen molar-refractivity contribution in [3.63, 3.8) is 0 Å². The summed E-state index contributed by atoms with van der Waals surface area (Å²) >= 11 is 1.79. The molecule has 3 nitrogen and oxygen atoms in total. The van der Waals surface area contributed by atoms with Crippen molar-refractivity contribution in [2.24, 2.45) is 0 Å². The third-order valence-corrected chi connectivity index (χ3v) is 4.53. The van der Waals surface area contributed by atoms with Gasteiger partial charge in [-0.1, -0.05) is 18.2 Å². The van der Waals surface area contributed by atoms with Crippen LogP contribution in [-0.4, -0.2) is 38.0 Å². The van der Waals surface area contributed by atoms with Crippen molar-refractivity contribution < 1.29 is 4.79 Å². The van der Waals surface area contributed by atoms with E-state index in [1.807, 2.05) is 19.0 Å². The third kappa shape index (κ3) is 3.81. The van der Waals surface area contributed by atoms with E-state index in [9.17, 15) is 4.79 Å². The van der Waals surface area contributed by atoms with Gasteiger partial charge < -0.3 is 10.2 Å². The fraction of sp³-hybridized carbons (Fsp3) is 0.438. The lowest BCUT2D eigenvalue weighted by Gasteiger charge is -2.16. The minimum Gasteiger partial charge on any atom is -0.344 e. The van der Waals surface area contributed by atoms with Crippen molar-refractivity contribution >= 4 is 27.3 Å². The normalized spacial score (nSPS) is 10.9. The van der Waals surface area contributed by atoms with Crippen molar-refractivity contribution in [1.29, 1.82) is 0 Å². The SMILES string of the molecule is CNCCN(C)C(=O)CCCc1csc2ccccc12. The number of likely N-dealkylation sites (N-methyl/N-ethyl adjacent to an activating group) is 2. The number of carbonyl (C=O) groups is 1. The van der Waals surface area contributed by atoms with Crippen molar-refractivity contribution in [3.8, 4) is 0 Å². The fourth-order valence-electron chi connectivity index (χ4n) is 2.25. The number of carbonyl (C=O) groups excluding carboxylic acids is 1. The topological polar surface area (TPSA) is 32.3 Å². The van der Waals surface area contributed by atoms with Crippen LogP contribution >= 0.6 is 11.3 Å². The number of fused-ring (bicyclic) bond motifs is 1. The van der Waals surface area contributed by atoms with Crippen LogP contribution in [0.2, 0.25) is 0 Å². The Bertz CT molecular complexity index is 564. The van der Waals surface area contributed by atoms with Crippen LogP contribution in [0.15, 0.2) is 29.6 Å². The van der Waals surface area contributed by atoms with Crippen LogP contribution in [0.5, 0.6) is 0 Å². The van der Waals surface area contributed by atoms with Gasteiger partial charge in [0.15, 0.2) is 0 Å². The Morgan fingerprint density at radius 2 is 2.15 bits per heavy atom. The van der Waals surface area contributed by atoms with E-state index in [1.165, 1.54) is 15.6 Å². The number of hydrogen-bond donors (Lipinski definition) is 1. The second-order valence-electron chi connectivity index (χ2n) is 5.03. The summed E-state index contributed by atoms with van der Waals surface area (Å²) in [5.41, 5.74) is 1.37. The number of rotatable bonds is 7. The van der Waals surface area contributed by atoms with Gasteiger partial charge in [0.05, 0.1) is 0 Å². The molecular formula is C16H22N2OS. The van der Waals surface area contributed by atoms with Crippen LogP contribution < -0.4 is 5.32 Å². The van der Waals surface area contributed by atoms with Gasteiger partial charge >= 0.3 is 0 Å². The first-order valence-corrected chi connectivity index (χ1v) is 7.94. The first-order valence-electron chi connectivity index (χ1n) is 7.06. The molecule has 0 fully saturated rings. The largest absolute Gasteiger partial charge is 0.344 e. The smallest absolute Gasteiger partial charge is 0.222 e. The van der Waals surface area contributed by atoms with E-state index < -0.39 is 0 Å². The van der Waals surface area contributed by atoms with E-state index >= 15 is 0 Å². The first kappa shape index (κ1) is 15.0. The zero-order valence-corrected chi connectivity index (χ0v) is 13.0. The molecule has 0 unspecified atom stereocenters. The molecule has 1 N–H and O–H groups in total. The first-order chi connectivity index (χ1) is 9.72. The summed E-state index contributed by atoms with van der Waals surface area (Å²) in [5, 5.41) is 6.62. The lowest BCUT2D eigenvalue weighted by Crippen LogP contribution is -2.32. The van der Waals surface area contributed by atoms with Gasteiger partial charge in [-0.15, -0.1) is 11.3 Å². The number of nitrogens with one attached hydrogen (secondary N) is 1. The van der Waals surface area contributed by atoms with Gasteiger partial charge in [-0.05, 0) is 42.3 Å². The van der Waals surface area contributed by atoms with Gasteiger partial charge in [0.1, 0.15) is 0 Å². The van der Waals surface area contributed by atoms with Crippen molar-refractivity contribution in [3.05, 3.63) is 35.2 Å². The highest BCUT2D eigenvalue weighted by molar-refractivity contribution is 7.17. The van der Waals surface area contributed by atoms with Gasteiger partial charge in [0, 0.05) is 31.3 Å². The van der Waals surface area contributed by atoms with Crippen LogP contribution in [-0.2, 0) is 11.2 Å². The number of aryl methyl sites for hydroxylation is 1. The van der Waals surface area contributed by atoms with Gasteiger partial charge in [-0.25, -0.2) is 0 Å². The Morgan fingerprint density at radius 1 is 1.35 bits per heavy atom. The van der Waals surface area contributed by atoms with E-state index in [0.29, 0.717) is 6.42 Å². The molecule has 0 bridgehead atoms. The van der Waals surface area contributed by atoms with Crippen molar-refractivity contribution in [1.82, 2.24) is 10.2 Å². The maximum Gasteiger partial charge on any atom is 0.222 e. The standard InChI is InChI=1S/C16H22N2OS/c1-17-10-11-18(2)16(19)9-5-6-13-12-20-15-8-4-3-7-14(13)15/h3-4,7-8,12,17H,5-6,9-11H2,1-2H3. The summed E-state index contributed by atoms with van der Waals surface area (Å²) < 4.78 is 1.33. The number of amides is 1. The number of benzene rings is 1. The molecule has 108 valence electrons. The van der Waals surface area contributed by atoms with Gasteiger partial charge in [-0.2, -0.15) is 0 Å². The van der Waals surface area contributed by atoms with E-state index in [2.05, 4.69) is 35.0 Å². The molecular weight excluding hydrogens is 268 g/mol. The highest BCUT2D eigenvalue weighted by atomic mass is 32.1. The maximum atomic E-state index is 11.9. The average molecular weight is 290 g/mol. The summed E-state index contributed by atoms with van der Waals surface area (Å²) in [4.78, 5) is 13.7. The minimum absolute atomic E-state index is 0.236. The predicted octanol–water partition coefficient (Wildman–Crippen LogP) is 2.90. The molecule has 20 heavy (non-hydrogen) atoms. The van der Waals surface area contributed by atoms with Crippen LogP contribution in [0, 0.1) is 0 Å². The Morgan fingerprint density at radius 3 is 2.95 bits per heavy atom. The van der Waals surface area contributed by atoms with E-state index in [4.69, 9.17) is 0 Å². The number of thiophene rings is 1. The number of nitrogens with zero attached hydrogens (tertiary/aromatic N) is 1. The summed E-state index contributed by atoms with van der Waals surface area (Å²) in [6.45, 7) is 1.62. The van der Waals surface area contributed by atoms with Crippen molar-refractivity contribution in [2.45, 2.75) is 19.3 Å². The Hall–Kier alpha value is -1.39. The molecule has 0 aliphatic carbocycles. The lowest BCUT2D eigenvalue weighted by atomic mass is 10.1. The molecule has 1 aromatic carbocycles. The third-order valence-electron chi connectivity index (χ3n) is 3.52. The number of hydrogen-bond acceptors (Lipinski definition) is 3. The molecule has 4 heteroatoms. The second kappa shape index (κ2) is 7.41. The molecule has 0 aliphatic rings. The van der Waals surface area contributed by atoms with E-state index in [-0.39, 0.29) is 5.91 Å². The summed E-state index contributed by atoms with van der Waals surface area (Å²) in [5.74, 6) is 0.236. The second-order valence-corrected chi connectivity index (χ2v) is 5.94. The monoisotopic (exact) mass is 290 g/mol. The predicted molar refractivity (Wildman–Crippen MR) is 86.3 cm³/mol. The summed E-state index contributed by atoms with van der Waals surface area (Å²) in [6.07, 6.45) is 2.53. The molecule has 1 heterocycles. The Balaban J connectivity index is 1.82. The van der Waals surface area contributed by atoms with Gasteiger partial charge in [0.25, 0.3) is 0 Å². The van der Waals surface area contributed by atoms with Crippen molar-refractivity contribution in [2.75, 3.05) is 27.2 Å². The highest BCUT2D eigenvalue weighted by Gasteiger charge is 2.09. The maximum absolute atomic E-state index is 11.9.